The number of halogens is 1. The maximum atomic E-state index is 5.46. The van der Waals surface area contributed by atoms with Gasteiger partial charge in [-0.1, -0.05) is 44.2 Å². The van der Waals surface area contributed by atoms with Crippen LogP contribution in [0.15, 0.2) is 35.3 Å². The SMILES string of the molecule is CCNC(=NCC(C)(C)c1ccccc1)NCCCOCCOC.I. The highest BCUT2D eigenvalue weighted by Gasteiger charge is 2.19. The van der Waals surface area contributed by atoms with Crippen molar-refractivity contribution in [3.8, 4) is 0 Å². The van der Waals surface area contributed by atoms with Crippen molar-refractivity contribution in [1.29, 1.82) is 0 Å². The zero-order chi connectivity index (χ0) is 17.7. The summed E-state index contributed by atoms with van der Waals surface area (Å²) in [5, 5.41) is 6.66. The highest BCUT2D eigenvalue weighted by Crippen LogP contribution is 2.22. The van der Waals surface area contributed by atoms with Crippen LogP contribution in [-0.2, 0) is 14.9 Å². The van der Waals surface area contributed by atoms with Crippen LogP contribution in [0.3, 0.4) is 0 Å². The summed E-state index contributed by atoms with van der Waals surface area (Å²) >= 11 is 0. The number of hydrogen-bond acceptors (Lipinski definition) is 3. The molecule has 0 spiro atoms. The van der Waals surface area contributed by atoms with E-state index in [1.54, 1.807) is 7.11 Å². The number of guanidine groups is 1. The normalized spacial score (nSPS) is 11.8. The van der Waals surface area contributed by atoms with Crippen molar-refractivity contribution < 1.29 is 9.47 Å². The van der Waals surface area contributed by atoms with Crippen LogP contribution in [0, 0.1) is 0 Å². The summed E-state index contributed by atoms with van der Waals surface area (Å²) in [6, 6.07) is 10.5. The molecule has 0 radical (unpaired) electrons. The van der Waals surface area contributed by atoms with Crippen LogP contribution in [0.2, 0.25) is 0 Å². The minimum Gasteiger partial charge on any atom is -0.382 e. The molecule has 2 N–H and O–H groups in total. The predicted molar refractivity (Wildman–Crippen MR) is 116 cm³/mol. The molecular weight excluding hydrogens is 429 g/mol. The van der Waals surface area contributed by atoms with Crippen LogP contribution >= 0.6 is 24.0 Å². The molecule has 0 amide bonds. The first kappa shape index (κ1) is 24.1. The molecule has 144 valence electrons. The van der Waals surface area contributed by atoms with Gasteiger partial charge in [-0.25, -0.2) is 0 Å². The van der Waals surface area contributed by atoms with E-state index in [1.807, 2.05) is 6.07 Å². The Labute approximate surface area is 170 Å². The second kappa shape index (κ2) is 14.3. The number of benzene rings is 1. The van der Waals surface area contributed by atoms with E-state index in [0.29, 0.717) is 13.2 Å². The number of ether oxygens (including phenoxy) is 2. The molecule has 0 atom stereocenters. The number of aliphatic imine (C=N–C) groups is 1. The van der Waals surface area contributed by atoms with E-state index in [2.05, 4.69) is 55.7 Å². The molecule has 5 nitrogen and oxygen atoms in total. The van der Waals surface area contributed by atoms with Crippen molar-refractivity contribution in [3.05, 3.63) is 35.9 Å². The maximum Gasteiger partial charge on any atom is 0.191 e. The molecular formula is C19H34IN3O2. The average molecular weight is 463 g/mol. The van der Waals surface area contributed by atoms with E-state index in [1.165, 1.54) is 5.56 Å². The standard InChI is InChI=1S/C19H33N3O2.HI/c1-5-20-18(21-12-9-13-24-15-14-23-4)22-16-19(2,3)17-10-7-6-8-11-17;/h6-8,10-11H,5,9,12-16H2,1-4H3,(H2,20,21,22);1H. The summed E-state index contributed by atoms with van der Waals surface area (Å²) in [7, 11) is 1.68. The zero-order valence-electron chi connectivity index (χ0n) is 16.0. The first-order chi connectivity index (χ1) is 11.6. The van der Waals surface area contributed by atoms with Crippen molar-refractivity contribution in [3.63, 3.8) is 0 Å². The summed E-state index contributed by atoms with van der Waals surface area (Å²) < 4.78 is 10.4. The zero-order valence-corrected chi connectivity index (χ0v) is 18.3. The van der Waals surface area contributed by atoms with Crippen LogP contribution < -0.4 is 10.6 Å². The van der Waals surface area contributed by atoms with Gasteiger partial charge in [0.15, 0.2) is 5.96 Å². The highest BCUT2D eigenvalue weighted by atomic mass is 127. The van der Waals surface area contributed by atoms with E-state index >= 15 is 0 Å². The Balaban J connectivity index is 0.00000576. The van der Waals surface area contributed by atoms with Crippen molar-refractivity contribution in [1.82, 2.24) is 10.6 Å². The third-order valence-electron chi connectivity index (χ3n) is 3.72. The predicted octanol–water partition coefficient (Wildman–Crippen LogP) is 3.19. The molecule has 0 saturated heterocycles. The number of methoxy groups -OCH3 is 1. The molecule has 25 heavy (non-hydrogen) atoms. The molecule has 0 bridgehead atoms. The van der Waals surface area contributed by atoms with Gasteiger partial charge < -0.3 is 20.1 Å². The number of nitrogens with zero attached hydrogens (tertiary/aromatic N) is 1. The third kappa shape index (κ3) is 10.7. The Hall–Kier alpha value is -0.860. The van der Waals surface area contributed by atoms with Gasteiger partial charge in [-0.2, -0.15) is 0 Å². The Morgan fingerprint density at radius 3 is 2.44 bits per heavy atom. The fraction of sp³-hybridized carbons (Fsp3) is 0.632. The summed E-state index contributed by atoms with van der Waals surface area (Å²) in [6.45, 7) is 11.0. The van der Waals surface area contributed by atoms with E-state index < -0.39 is 0 Å². The first-order valence-corrected chi connectivity index (χ1v) is 8.74. The van der Waals surface area contributed by atoms with Crippen molar-refractivity contribution >= 4 is 29.9 Å². The summed E-state index contributed by atoms with van der Waals surface area (Å²) in [6.07, 6.45) is 0.941. The summed E-state index contributed by atoms with van der Waals surface area (Å²) in [5.41, 5.74) is 1.31. The molecule has 0 aliphatic heterocycles. The quantitative estimate of drug-likeness (QED) is 0.229. The second-order valence-corrected chi connectivity index (χ2v) is 6.33. The molecule has 1 rings (SSSR count). The Bertz CT molecular complexity index is 467. The molecule has 1 aromatic carbocycles. The lowest BCUT2D eigenvalue weighted by Crippen LogP contribution is -2.39. The Morgan fingerprint density at radius 2 is 1.80 bits per heavy atom. The van der Waals surface area contributed by atoms with E-state index in [-0.39, 0.29) is 29.4 Å². The van der Waals surface area contributed by atoms with Gasteiger partial charge in [0, 0.05) is 32.2 Å². The van der Waals surface area contributed by atoms with Crippen LogP contribution in [0.25, 0.3) is 0 Å². The number of rotatable bonds is 11. The molecule has 0 saturated carbocycles. The molecule has 6 heteroatoms. The van der Waals surface area contributed by atoms with Crippen molar-refractivity contribution in [2.75, 3.05) is 46.6 Å². The van der Waals surface area contributed by atoms with E-state index in [0.717, 1.165) is 38.6 Å². The molecule has 0 unspecified atom stereocenters. The van der Waals surface area contributed by atoms with Crippen molar-refractivity contribution in [2.45, 2.75) is 32.6 Å². The van der Waals surface area contributed by atoms with Gasteiger partial charge in [0.25, 0.3) is 0 Å². The smallest absolute Gasteiger partial charge is 0.191 e. The Kier molecular flexibility index (Phi) is 13.8. The third-order valence-corrected chi connectivity index (χ3v) is 3.72. The van der Waals surface area contributed by atoms with Gasteiger partial charge in [0.1, 0.15) is 0 Å². The van der Waals surface area contributed by atoms with Gasteiger partial charge in [0.05, 0.1) is 19.8 Å². The van der Waals surface area contributed by atoms with Crippen molar-refractivity contribution in [2.24, 2.45) is 4.99 Å². The Morgan fingerprint density at radius 1 is 1.08 bits per heavy atom. The highest BCUT2D eigenvalue weighted by molar-refractivity contribution is 14.0. The first-order valence-electron chi connectivity index (χ1n) is 8.74. The maximum absolute atomic E-state index is 5.46. The van der Waals surface area contributed by atoms with Crippen LogP contribution in [-0.4, -0.2) is 52.5 Å². The van der Waals surface area contributed by atoms with Gasteiger partial charge in [0.2, 0.25) is 0 Å². The topological polar surface area (TPSA) is 54.9 Å². The molecule has 0 aromatic heterocycles. The second-order valence-electron chi connectivity index (χ2n) is 6.33. The lowest BCUT2D eigenvalue weighted by Gasteiger charge is -2.24. The molecule has 0 aliphatic rings. The monoisotopic (exact) mass is 463 g/mol. The fourth-order valence-corrected chi connectivity index (χ4v) is 2.22. The van der Waals surface area contributed by atoms with Gasteiger partial charge in [-0.3, -0.25) is 4.99 Å². The lowest BCUT2D eigenvalue weighted by atomic mass is 9.85. The van der Waals surface area contributed by atoms with Crippen LogP contribution in [0.5, 0.6) is 0 Å². The lowest BCUT2D eigenvalue weighted by molar-refractivity contribution is 0.0698. The number of nitrogens with one attached hydrogen (secondary N) is 2. The van der Waals surface area contributed by atoms with E-state index in [4.69, 9.17) is 14.5 Å². The molecule has 0 heterocycles. The average Bonchev–Trinajstić information content (AvgIpc) is 2.59. The van der Waals surface area contributed by atoms with Gasteiger partial charge in [-0.15, -0.1) is 24.0 Å². The van der Waals surface area contributed by atoms with Crippen LogP contribution in [0.4, 0.5) is 0 Å². The molecule has 0 fully saturated rings. The summed E-state index contributed by atoms with van der Waals surface area (Å²) in [4.78, 5) is 4.74. The van der Waals surface area contributed by atoms with Gasteiger partial charge in [-0.05, 0) is 18.9 Å². The molecule has 0 aliphatic carbocycles. The molecule has 1 aromatic rings. The van der Waals surface area contributed by atoms with Crippen LogP contribution in [0.1, 0.15) is 32.8 Å². The minimum atomic E-state index is 0. The fourth-order valence-electron chi connectivity index (χ4n) is 2.22. The van der Waals surface area contributed by atoms with E-state index in [9.17, 15) is 0 Å². The largest absolute Gasteiger partial charge is 0.382 e. The minimum absolute atomic E-state index is 0. The number of hydrogen-bond donors (Lipinski definition) is 2. The van der Waals surface area contributed by atoms with Gasteiger partial charge >= 0.3 is 0 Å². The summed E-state index contributed by atoms with van der Waals surface area (Å²) in [5.74, 6) is 0.860.